The van der Waals surface area contributed by atoms with E-state index >= 15 is 0 Å². The number of hydrogen-bond donors (Lipinski definition) is 2. The molecule has 74 valence electrons. The zero-order valence-electron chi connectivity index (χ0n) is 8.54. The monoisotopic (exact) mass is 189 g/mol. The van der Waals surface area contributed by atoms with E-state index in [-0.39, 0.29) is 6.04 Å². The Kier molecular flexibility index (Phi) is 4.11. The maximum atomic E-state index is 5.44. The number of hydrogen-bond acceptors (Lipinski definition) is 3. The molecule has 3 nitrogen and oxygen atoms in total. The van der Waals surface area contributed by atoms with Gasteiger partial charge in [0.05, 0.1) is 6.04 Å². The predicted molar refractivity (Wildman–Crippen MR) is 57.1 cm³/mol. The summed E-state index contributed by atoms with van der Waals surface area (Å²) in [4.78, 5) is 4.21. The number of aromatic nitrogens is 1. The second kappa shape index (κ2) is 5.38. The van der Waals surface area contributed by atoms with Gasteiger partial charge >= 0.3 is 0 Å². The van der Waals surface area contributed by atoms with Crippen LogP contribution in [0.5, 0.6) is 0 Å². The van der Waals surface area contributed by atoms with E-state index in [1.807, 2.05) is 32.2 Å². The Morgan fingerprint density at radius 3 is 2.86 bits per heavy atom. The smallest absolute Gasteiger partial charge is 0.0584 e. The first-order chi connectivity index (χ1) is 6.77. The molecule has 0 aliphatic carbocycles. The fourth-order valence-electron chi connectivity index (χ4n) is 1.16. The Morgan fingerprint density at radius 2 is 2.36 bits per heavy atom. The quantitative estimate of drug-likeness (QED) is 0.428. The summed E-state index contributed by atoms with van der Waals surface area (Å²) in [6.45, 7) is 3.78. The van der Waals surface area contributed by atoms with Crippen molar-refractivity contribution < 1.29 is 0 Å². The molecule has 0 saturated carbocycles. The minimum Gasteiger partial charge on any atom is -0.271 e. The molecular formula is C11H15N3. The fourth-order valence-corrected chi connectivity index (χ4v) is 1.16. The average Bonchev–Trinajstić information content (AvgIpc) is 2.21. The molecule has 3 N–H and O–H groups in total. The third-order valence-electron chi connectivity index (χ3n) is 2.02. The van der Waals surface area contributed by atoms with E-state index in [0.29, 0.717) is 6.42 Å². The number of hydrazine groups is 1. The highest BCUT2D eigenvalue weighted by Gasteiger charge is 2.07. The number of aryl methyl sites for hydroxylation is 1. The summed E-state index contributed by atoms with van der Waals surface area (Å²) in [6, 6.07) is 4.05. The zero-order valence-corrected chi connectivity index (χ0v) is 8.54. The molecule has 1 rings (SSSR count). The molecule has 0 radical (unpaired) electrons. The Hall–Kier alpha value is -1.37. The van der Waals surface area contributed by atoms with E-state index in [4.69, 9.17) is 5.84 Å². The van der Waals surface area contributed by atoms with Gasteiger partial charge in [0.15, 0.2) is 0 Å². The number of nitrogens with one attached hydrogen (secondary N) is 1. The van der Waals surface area contributed by atoms with Crippen LogP contribution < -0.4 is 11.3 Å². The van der Waals surface area contributed by atoms with E-state index in [1.54, 1.807) is 0 Å². The molecule has 0 saturated heterocycles. The normalized spacial score (nSPS) is 11.6. The highest BCUT2D eigenvalue weighted by Crippen LogP contribution is 2.14. The summed E-state index contributed by atoms with van der Waals surface area (Å²) in [5.74, 6) is 11.3. The van der Waals surface area contributed by atoms with Gasteiger partial charge in [-0.1, -0.05) is 6.07 Å². The first kappa shape index (κ1) is 10.7. The van der Waals surface area contributed by atoms with E-state index in [9.17, 15) is 0 Å². The summed E-state index contributed by atoms with van der Waals surface area (Å²) in [7, 11) is 0. The largest absolute Gasteiger partial charge is 0.271 e. The van der Waals surface area contributed by atoms with Gasteiger partial charge in [-0.3, -0.25) is 16.3 Å². The van der Waals surface area contributed by atoms with Crippen molar-refractivity contribution in [1.29, 1.82) is 0 Å². The second-order valence-electron chi connectivity index (χ2n) is 3.08. The molecule has 1 aromatic heterocycles. The van der Waals surface area contributed by atoms with Gasteiger partial charge in [-0.15, -0.1) is 11.8 Å². The maximum absolute atomic E-state index is 5.44. The van der Waals surface area contributed by atoms with Crippen LogP contribution in [0.3, 0.4) is 0 Å². The van der Waals surface area contributed by atoms with Crippen molar-refractivity contribution in [3.05, 3.63) is 29.6 Å². The molecule has 0 aromatic carbocycles. The summed E-state index contributed by atoms with van der Waals surface area (Å²) >= 11 is 0. The van der Waals surface area contributed by atoms with Gasteiger partial charge in [0, 0.05) is 18.3 Å². The minimum atomic E-state index is 0.0653. The molecule has 1 heterocycles. The van der Waals surface area contributed by atoms with Crippen LogP contribution in [0, 0.1) is 18.8 Å². The number of pyridine rings is 1. The second-order valence-corrected chi connectivity index (χ2v) is 3.08. The van der Waals surface area contributed by atoms with Gasteiger partial charge in [-0.05, 0) is 25.5 Å². The van der Waals surface area contributed by atoms with Crippen LogP contribution in [0.15, 0.2) is 18.3 Å². The van der Waals surface area contributed by atoms with Gasteiger partial charge < -0.3 is 0 Å². The summed E-state index contributed by atoms with van der Waals surface area (Å²) in [6.07, 6.45) is 2.54. The van der Waals surface area contributed by atoms with Crippen molar-refractivity contribution in [3.8, 4) is 11.8 Å². The lowest BCUT2D eigenvalue weighted by Crippen LogP contribution is -2.27. The molecule has 0 aliphatic heterocycles. The molecule has 14 heavy (non-hydrogen) atoms. The number of nitrogens with zero attached hydrogens (tertiary/aromatic N) is 1. The SMILES string of the molecule is CC#CCC(NN)c1ccc(C)nc1. The highest BCUT2D eigenvalue weighted by atomic mass is 15.2. The Morgan fingerprint density at radius 1 is 1.57 bits per heavy atom. The molecule has 0 spiro atoms. The van der Waals surface area contributed by atoms with Crippen LogP contribution in [0.2, 0.25) is 0 Å². The maximum Gasteiger partial charge on any atom is 0.0584 e. The van der Waals surface area contributed by atoms with E-state index in [0.717, 1.165) is 11.3 Å². The van der Waals surface area contributed by atoms with E-state index in [1.165, 1.54) is 0 Å². The van der Waals surface area contributed by atoms with Crippen LogP contribution in [0.4, 0.5) is 0 Å². The molecule has 3 heteroatoms. The first-order valence-electron chi connectivity index (χ1n) is 4.56. The Balaban J connectivity index is 2.76. The molecule has 0 aliphatic rings. The minimum absolute atomic E-state index is 0.0653. The van der Waals surface area contributed by atoms with E-state index in [2.05, 4.69) is 22.3 Å². The van der Waals surface area contributed by atoms with E-state index < -0.39 is 0 Å². The van der Waals surface area contributed by atoms with Crippen LogP contribution in [-0.4, -0.2) is 4.98 Å². The number of nitrogens with two attached hydrogens (primary N) is 1. The van der Waals surface area contributed by atoms with Gasteiger partial charge in [0.1, 0.15) is 0 Å². The molecule has 0 fully saturated rings. The lowest BCUT2D eigenvalue weighted by Gasteiger charge is -2.12. The number of rotatable bonds is 3. The van der Waals surface area contributed by atoms with Crippen LogP contribution in [0.1, 0.15) is 30.6 Å². The van der Waals surface area contributed by atoms with Gasteiger partial charge in [-0.2, -0.15) is 0 Å². The Labute approximate surface area is 84.7 Å². The topological polar surface area (TPSA) is 50.9 Å². The summed E-state index contributed by atoms with van der Waals surface area (Å²) in [5, 5.41) is 0. The molecule has 1 atom stereocenters. The van der Waals surface area contributed by atoms with Crippen molar-refractivity contribution >= 4 is 0 Å². The molecule has 1 aromatic rings. The zero-order chi connectivity index (χ0) is 10.4. The van der Waals surface area contributed by atoms with Crippen LogP contribution >= 0.6 is 0 Å². The van der Waals surface area contributed by atoms with Crippen molar-refractivity contribution in [3.63, 3.8) is 0 Å². The summed E-state index contributed by atoms with van der Waals surface area (Å²) in [5.41, 5.74) is 4.81. The lowest BCUT2D eigenvalue weighted by molar-refractivity contribution is 0.566. The van der Waals surface area contributed by atoms with Crippen molar-refractivity contribution in [2.24, 2.45) is 5.84 Å². The first-order valence-corrected chi connectivity index (χ1v) is 4.56. The third kappa shape index (κ3) is 2.84. The predicted octanol–water partition coefficient (Wildman–Crippen LogP) is 1.31. The molecular weight excluding hydrogens is 174 g/mol. The van der Waals surface area contributed by atoms with Gasteiger partial charge in [0.25, 0.3) is 0 Å². The molecule has 1 unspecified atom stereocenters. The van der Waals surface area contributed by atoms with Crippen LogP contribution in [-0.2, 0) is 0 Å². The molecule has 0 amide bonds. The standard InChI is InChI=1S/C11H15N3/c1-3-4-5-11(14-12)10-7-6-9(2)13-8-10/h6-8,11,14H,5,12H2,1-2H3. The van der Waals surface area contributed by atoms with Crippen LogP contribution in [0.25, 0.3) is 0 Å². The van der Waals surface area contributed by atoms with Gasteiger partial charge in [-0.25, -0.2) is 0 Å². The fraction of sp³-hybridized carbons (Fsp3) is 0.364. The highest BCUT2D eigenvalue weighted by molar-refractivity contribution is 5.19. The average molecular weight is 189 g/mol. The third-order valence-corrected chi connectivity index (χ3v) is 2.02. The lowest BCUT2D eigenvalue weighted by atomic mass is 10.1. The van der Waals surface area contributed by atoms with Crippen molar-refractivity contribution in [2.75, 3.05) is 0 Å². The Bertz CT molecular complexity index is 332. The molecule has 0 bridgehead atoms. The van der Waals surface area contributed by atoms with Crippen molar-refractivity contribution in [2.45, 2.75) is 26.3 Å². The summed E-state index contributed by atoms with van der Waals surface area (Å²) < 4.78 is 0. The van der Waals surface area contributed by atoms with Crippen molar-refractivity contribution in [1.82, 2.24) is 10.4 Å². The van der Waals surface area contributed by atoms with Gasteiger partial charge in [0.2, 0.25) is 0 Å².